The van der Waals surface area contributed by atoms with Crippen molar-refractivity contribution in [3.8, 4) is 22.5 Å². The summed E-state index contributed by atoms with van der Waals surface area (Å²) in [6.45, 7) is 0. The van der Waals surface area contributed by atoms with E-state index < -0.39 is 5.91 Å². The zero-order chi connectivity index (χ0) is 13.2. The van der Waals surface area contributed by atoms with Gasteiger partial charge in [0.05, 0.1) is 5.56 Å². The number of H-pyrrole nitrogens is 1. The van der Waals surface area contributed by atoms with E-state index in [-0.39, 0.29) is 5.69 Å². The third-order valence-corrected chi connectivity index (χ3v) is 3.35. The van der Waals surface area contributed by atoms with Crippen LogP contribution in [0.2, 0.25) is 0 Å². The van der Waals surface area contributed by atoms with Gasteiger partial charge in [0, 0.05) is 6.20 Å². The minimum atomic E-state index is -0.594. The number of primary amides is 1. The quantitative estimate of drug-likeness (QED) is 0.757. The topological polar surface area (TPSA) is 97.6 Å². The number of thiophene rings is 1. The lowest BCUT2D eigenvalue weighted by Gasteiger charge is -2.08. The number of amides is 1. The summed E-state index contributed by atoms with van der Waals surface area (Å²) in [6, 6.07) is 3.79. The predicted molar refractivity (Wildman–Crippen MR) is 71.4 cm³/mol. The number of hydrogen-bond acceptors (Lipinski definition) is 5. The van der Waals surface area contributed by atoms with Gasteiger partial charge in [-0.1, -0.05) is 0 Å². The lowest BCUT2D eigenvalue weighted by molar-refractivity contribution is 0.0996. The van der Waals surface area contributed by atoms with Gasteiger partial charge in [0.1, 0.15) is 12.0 Å². The monoisotopic (exact) mass is 271 g/mol. The van der Waals surface area contributed by atoms with Gasteiger partial charge in [-0.3, -0.25) is 14.9 Å². The Bertz CT molecular complexity index is 706. The summed E-state index contributed by atoms with van der Waals surface area (Å²) < 4.78 is 0. The third kappa shape index (κ3) is 2.00. The minimum Gasteiger partial charge on any atom is -0.364 e. The number of carbonyl (C=O) groups is 1. The second kappa shape index (κ2) is 4.62. The van der Waals surface area contributed by atoms with Crippen LogP contribution >= 0.6 is 11.3 Å². The molecule has 0 saturated carbocycles. The molecule has 0 atom stereocenters. The van der Waals surface area contributed by atoms with Gasteiger partial charge in [-0.05, 0) is 34.0 Å². The van der Waals surface area contributed by atoms with Crippen LogP contribution in [0.3, 0.4) is 0 Å². The molecule has 19 heavy (non-hydrogen) atoms. The number of hydrogen-bond donors (Lipinski definition) is 2. The Hall–Kier alpha value is -2.54. The summed E-state index contributed by atoms with van der Waals surface area (Å²) in [7, 11) is 0. The lowest BCUT2D eigenvalue weighted by atomic mass is 10.0. The van der Waals surface area contributed by atoms with Crippen molar-refractivity contribution in [2.45, 2.75) is 0 Å². The number of carbonyl (C=O) groups excluding carboxylic acids is 1. The molecule has 1 amide bonds. The number of aromatic nitrogens is 4. The molecule has 94 valence electrons. The molecule has 0 aliphatic rings. The first-order valence-corrected chi connectivity index (χ1v) is 6.39. The Balaban J connectivity index is 2.31. The summed E-state index contributed by atoms with van der Waals surface area (Å²) in [5.74, 6) is -0.119. The number of aromatic amines is 1. The number of nitrogens with two attached hydrogens (primary N) is 1. The summed E-state index contributed by atoms with van der Waals surface area (Å²) in [5.41, 5.74) is 7.97. The van der Waals surface area contributed by atoms with E-state index in [2.05, 4.69) is 20.2 Å². The number of nitrogens with zero attached hydrogens (tertiary/aromatic N) is 3. The van der Waals surface area contributed by atoms with Crippen LogP contribution < -0.4 is 5.73 Å². The maximum Gasteiger partial charge on any atom is 0.268 e. The van der Waals surface area contributed by atoms with Crippen molar-refractivity contribution >= 4 is 17.2 Å². The average molecular weight is 271 g/mol. The van der Waals surface area contributed by atoms with Crippen LogP contribution in [-0.4, -0.2) is 26.1 Å². The Morgan fingerprint density at radius 1 is 1.32 bits per heavy atom. The van der Waals surface area contributed by atoms with Gasteiger partial charge in [-0.15, -0.1) is 0 Å². The zero-order valence-electron chi connectivity index (χ0n) is 9.70. The fourth-order valence-corrected chi connectivity index (χ4v) is 2.53. The van der Waals surface area contributed by atoms with Crippen molar-refractivity contribution in [1.29, 1.82) is 0 Å². The van der Waals surface area contributed by atoms with Crippen LogP contribution in [0.1, 0.15) is 10.5 Å². The highest BCUT2D eigenvalue weighted by atomic mass is 32.1. The van der Waals surface area contributed by atoms with E-state index in [4.69, 9.17) is 5.73 Å². The maximum atomic E-state index is 11.5. The van der Waals surface area contributed by atoms with Crippen LogP contribution in [0, 0.1) is 0 Å². The summed E-state index contributed by atoms with van der Waals surface area (Å²) in [5, 5.41) is 10.5. The van der Waals surface area contributed by atoms with Gasteiger partial charge in [0.15, 0.2) is 5.82 Å². The molecule has 3 aromatic heterocycles. The molecule has 0 aromatic carbocycles. The summed E-state index contributed by atoms with van der Waals surface area (Å²) in [6.07, 6.45) is 2.94. The van der Waals surface area contributed by atoms with Crippen LogP contribution in [0.25, 0.3) is 22.5 Å². The molecule has 6 nitrogen and oxygen atoms in total. The molecule has 0 fully saturated rings. The zero-order valence-corrected chi connectivity index (χ0v) is 10.5. The summed E-state index contributed by atoms with van der Waals surface area (Å²) in [4.78, 5) is 19.7. The fraction of sp³-hybridized carbons (Fsp3) is 0. The number of rotatable bonds is 3. The molecule has 0 spiro atoms. The first kappa shape index (κ1) is 11.5. The highest BCUT2D eigenvalue weighted by Crippen LogP contribution is 2.32. The van der Waals surface area contributed by atoms with E-state index in [1.807, 2.05) is 22.9 Å². The third-order valence-electron chi connectivity index (χ3n) is 2.67. The van der Waals surface area contributed by atoms with Gasteiger partial charge in [-0.2, -0.15) is 16.4 Å². The van der Waals surface area contributed by atoms with Gasteiger partial charge < -0.3 is 5.73 Å². The van der Waals surface area contributed by atoms with Gasteiger partial charge >= 0.3 is 0 Å². The molecular formula is C12H9N5OS. The van der Waals surface area contributed by atoms with E-state index in [0.717, 1.165) is 11.1 Å². The Morgan fingerprint density at radius 3 is 2.84 bits per heavy atom. The predicted octanol–water partition coefficient (Wildman–Crippen LogP) is 1.69. The van der Waals surface area contributed by atoms with Crippen LogP contribution in [0.4, 0.5) is 0 Å². The number of nitrogens with one attached hydrogen (secondary N) is 1. The van der Waals surface area contributed by atoms with E-state index in [1.54, 1.807) is 17.5 Å². The van der Waals surface area contributed by atoms with E-state index >= 15 is 0 Å². The molecule has 0 aliphatic heterocycles. The van der Waals surface area contributed by atoms with Crippen molar-refractivity contribution < 1.29 is 4.79 Å². The van der Waals surface area contributed by atoms with Crippen LogP contribution in [0.15, 0.2) is 35.4 Å². The van der Waals surface area contributed by atoms with E-state index in [1.165, 1.54) is 6.33 Å². The van der Waals surface area contributed by atoms with Gasteiger partial charge in [0.25, 0.3) is 5.91 Å². The van der Waals surface area contributed by atoms with E-state index in [9.17, 15) is 4.79 Å². The molecule has 0 unspecified atom stereocenters. The lowest BCUT2D eigenvalue weighted by Crippen LogP contribution is -2.15. The second-order valence-corrected chi connectivity index (χ2v) is 4.57. The molecule has 3 aromatic rings. The SMILES string of the molecule is NC(=O)c1nccc(-c2ccsc2)c1-c1ncn[nH]1. The van der Waals surface area contributed by atoms with Crippen molar-refractivity contribution in [3.05, 3.63) is 41.1 Å². The van der Waals surface area contributed by atoms with Crippen LogP contribution in [0.5, 0.6) is 0 Å². The largest absolute Gasteiger partial charge is 0.364 e. The smallest absolute Gasteiger partial charge is 0.268 e. The molecule has 0 radical (unpaired) electrons. The molecule has 3 N–H and O–H groups in total. The first-order valence-electron chi connectivity index (χ1n) is 5.44. The minimum absolute atomic E-state index is 0.181. The maximum absolute atomic E-state index is 11.5. The van der Waals surface area contributed by atoms with Gasteiger partial charge in [0.2, 0.25) is 0 Å². The molecule has 0 bridgehead atoms. The van der Waals surface area contributed by atoms with Crippen LogP contribution in [-0.2, 0) is 0 Å². The molecule has 3 rings (SSSR count). The van der Waals surface area contributed by atoms with Crippen molar-refractivity contribution in [1.82, 2.24) is 20.2 Å². The molecular weight excluding hydrogens is 262 g/mol. The molecule has 7 heteroatoms. The van der Waals surface area contributed by atoms with E-state index in [0.29, 0.717) is 11.4 Å². The Labute approximate surface area is 112 Å². The van der Waals surface area contributed by atoms with Crippen molar-refractivity contribution in [3.63, 3.8) is 0 Å². The summed E-state index contributed by atoms with van der Waals surface area (Å²) >= 11 is 1.57. The first-order chi connectivity index (χ1) is 9.27. The Morgan fingerprint density at radius 2 is 2.21 bits per heavy atom. The molecule has 0 saturated heterocycles. The Kier molecular flexibility index (Phi) is 2.81. The molecule has 0 aliphatic carbocycles. The standard InChI is InChI=1S/C12H9N5OS/c13-11(18)10-9(12-15-6-16-17-12)8(1-3-14-10)7-2-4-19-5-7/h1-6H,(H2,13,18)(H,15,16,17). The molecule has 3 heterocycles. The highest BCUT2D eigenvalue weighted by Gasteiger charge is 2.19. The van der Waals surface area contributed by atoms with Crippen molar-refractivity contribution in [2.24, 2.45) is 5.73 Å². The second-order valence-electron chi connectivity index (χ2n) is 3.79. The average Bonchev–Trinajstić information content (AvgIpc) is 3.11. The van der Waals surface area contributed by atoms with Gasteiger partial charge in [-0.25, -0.2) is 4.98 Å². The highest BCUT2D eigenvalue weighted by molar-refractivity contribution is 7.08. The normalized spacial score (nSPS) is 10.5. The van der Waals surface area contributed by atoms with Crippen molar-refractivity contribution in [2.75, 3.05) is 0 Å². The number of pyridine rings is 1. The fourth-order valence-electron chi connectivity index (χ4n) is 1.87.